The first-order chi connectivity index (χ1) is 12.5. The van der Waals surface area contributed by atoms with Gasteiger partial charge in [0, 0.05) is 18.3 Å². The fourth-order valence-electron chi connectivity index (χ4n) is 2.71. The number of nitrogens with zero attached hydrogens (tertiary/aromatic N) is 3. The molecule has 4 nitrogen and oxygen atoms in total. The predicted molar refractivity (Wildman–Crippen MR) is 99.7 cm³/mol. The number of carbonyl (C=O) groups is 1. The minimum atomic E-state index is -0.296. The van der Waals surface area contributed by atoms with Crippen molar-refractivity contribution in [2.75, 3.05) is 7.05 Å². The van der Waals surface area contributed by atoms with Gasteiger partial charge in [0.2, 0.25) is 0 Å². The Morgan fingerprint density at radius 3 is 2.62 bits per heavy atom. The molecule has 6 heteroatoms. The summed E-state index contributed by atoms with van der Waals surface area (Å²) in [7, 11) is 1.72. The zero-order valence-electron chi connectivity index (χ0n) is 14.6. The van der Waals surface area contributed by atoms with E-state index in [4.69, 9.17) is 11.6 Å². The number of amides is 1. The van der Waals surface area contributed by atoms with Crippen LogP contribution in [0, 0.1) is 5.82 Å². The first-order valence-electron chi connectivity index (χ1n) is 8.24. The molecule has 0 aliphatic heterocycles. The van der Waals surface area contributed by atoms with Crippen LogP contribution in [0.2, 0.25) is 5.02 Å². The molecule has 0 N–H and O–H groups in total. The van der Waals surface area contributed by atoms with Crippen LogP contribution in [0.4, 0.5) is 4.39 Å². The minimum Gasteiger partial charge on any atom is -0.335 e. The van der Waals surface area contributed by atoms with E-state index in [1.54, 1.807) is 41.2 Å². The van der Waals surface area contributed by atoms with Crippen LogP contribution in [-0.2, 0) is 6.54 Å². The lowest BCUT2D eigenvalue weighted by Gasteiger charge is -2.24. The highest BCUT2D eigenvalue weighted by atomic mass is 35.5. The molecule has 1 aromatic heterocycles. The van der Waals surface area contributed by atoms with Crippen LogP contribution in [0.25, 0.3) is 0 Å². The van der Waals surface area contributed by atoms with E-state index in [0.29, 0.717) is 17.1 Å². The van der Waals surface area contributed by atoms with Gasteiger partial charge in [0.15, 0.2) is 0 Å². The van der Waals surface area contributed by atoms with Gasteiger partial charge in [-0.2, -0.15) is 5.10 Å². The van der Waals surface area contributed by atoms with Gasteiger partial charge in [0.25, 0.3) is 5.91 Å². The van der Waals surface area contributed by atoms with Crippen LogP contribution in [0.1, 0.15) is 34.5 Å². The molecule has 1 heterocycles. The van der Waals surface area contributed by atoms with E-state index >= 15 is 0 Å². The Labute approximate surface area is 156 Å². The van der Waals surface area contributed by atoms with Gasteiger partial charge in [-0.3, -0.25) is 9.48 Å². The van der Waals surface area contributed by atoms with Crippen LogP contribution in [0.15, 0.2) is 60.9 Å². The monoisotopic (exact) mass is 371 g/mol. The Bertz CT molecular complexity index is 907. The maximum atomic E-state index is 13.1. The summed E-state index contributed by atoms with van der Waals surface area (Å²) in [5.74, 6) is -0.442. The van der Waals surface area contributed by atoms with Crippen LogP contribution in [-0.4, -0.2) is 27.6 Å². The van der Waals surface area contributed by atoms with Crippen molar-refractivity contribution in [1.29, 1.82) is 0 Å². The van der Waals surface area contributed by atoms with E-state index in [0.717, 1.165) is 11.1 Å². The summed E-state index contributed by atoms with van der Waals surface area (Å²) in [5, 5.41) is 4.93. The molecule has 0 saturated heterocycles. The third-order valence-electron chi connectivity index (χ3n) is 4.42. The second-order valence-corrected chi connectivity index (χ2v) is 6.57. The van der Waals surface area contributed by atoms with E-state index in [-0.39, 0.29) is 17.8 Å². The van der Waals surface area contributed by atoms with E-state index in [1.807, 2.05) is 31.2 Å². The quantitative estimate of drug-likeness (QED) is 0.659. The third-order valence-corrected chi connectivity index (χ3v) is 4.79. The molecule has 2 aromatic carbocycles. The Morgan fingerprint density at radius 2 is 1.92 bits per heavy atom. The van der Waals surface area contributed by atoms with Crippen LogP contribution < -0.4 is 0 Å². The molecule has 134 valence electrons. The number of hydrogen-bond donors (Lipinski definition) is 0. The highest BCUT2D eigenvalue weighted by molar-refractivity contribution is 6.31. The Morgan fingerprint density at radius 1 is 1.23 bits per heavy atom. The number of aromatic nitrogens is 2. The van der Waals surface area contributed by atoms with Gasteiger partial charge >= 0.3 is 0 Å². The lowest BCUT2D eigenvalue weighted by molar-refractivity contribution is 0.0742. The Hall–Kier alpha value is -2.66. The van der Waals surface area contributed by atoms with Crippen LogP contribution >= 0.6 is 11.6 Å². The smallest absolute Gasteiger partial charge is 0.257 e. The molecule has 0 bridgehead atoms. The molecule has 26 heavy (non-hydrogen) atoms. The normalized spacial score (nSPS) is 12.0. The fourth-order valence-corrected chi connectivity index (χ4v) is 2.90. The number of halogens is 2. The first kappa shape index (κ1) is 18.1. The first-order valence-corrected chi connectivity index (χ1v) is 8.62. The molecule has 0 saturated carbocycles. The summed E-state index contributed by atoms with van der Waals surface area (Å²) in [5.41, 5.74) is 2.29. The van der Waals surface area contributed by atoms with E-state index in [2.05, 4.69) is 5.10 Å². The van der Waals surface area contributed by atoms with Gasteiger partial charge in [-0.1, -0.05) is 41.9 Å². The zero-order chi connectivity index (χ0) is 18.7. The molecule has 0 spiro atoms. The Balaban J connectivity index is 1.72. The van der Waals surface area contributed by atoms with Gasteiger partial charge in [0.1, 0.15) is 5.82 Å². The summed E-state index contributed by atoms with van der Waals surface area (Å²) >= 11 is 6.17. The molecular formula is C20H19ClFN3O. The Kier molecular flexibility index (Phi) is 5.38. The topological polar surface area (TPSA) is 38.1 Å². The average Bonchev–Trinajstić information content (AvgIpc) is 3.11. The summed E-state index contributed by atoms with van der Waals surface area (Å²) in [6.07, 6.45) is 3.26. The fraction of sp³-hybridized carbons (Fsp3) is 0.200. The lowest BCUT2D eigenvalue weighted by Crippen LogP contribution is -2.29. The van der Waals surface area contributed by atoms with Crippen LogP contribution in [0.5, 0.6) is 0 Å². The predicted octanol–water partition coefficient (Wildman–Crippen LogP) is 4.56. The van der Waals surface area contributed by atoms with Gasteiger partial charge < -0.3 is 4.90 Å². The van der Waals surface area contributed by atoms with Crippen molar-refractivity contribution < 1.29 is 9.18 Å². The molecule has 0 fully saturated rings. The number of hydrogen-bond acceptors (Lipinski definition) is 2. The maximum Gasteiger partial charge on any atom is 0.257 e. The van der Waals surface area contributed by atoms with Crippen molar-refractivity contribution >= 4 is 17.5 Å². The molecule has 0 aliphatic rings. The molecule has 0 aliphatic carbocycles. The molecule has 3 aromatic rings. The van der Waals surface area contributed by atoms with E-state index in [1.165, 1.54) is 12.1 Å². The highest BCUT2D eigenvalue weighted by Crippen LogP contribution is 2.21. The average molecular weight is 372 g/mol. The second kappa shape index (κ2) is 7.70. The van der Waals surface area contributed by atoms with Crippen molar-refractivity contribution in [2.24, 2.45) is 0 Å². The molecule has 3 rings (SSSR count). The third kappa shape index (κ3) is 3.94. The number of benzene rings is 2. The lowest BCUT2D eigenvalue weighted by atomic mass is 10.1. The van der Waals surface area contributed by atoms with Gasteiger partial charge in [-0.05, 0) is 36.2 Å². The zero-order valence-corrected chi connectivity index (χ0v) is 15.3. The summed E-state index contributed by atoms with van der Waals surface area (Å²) in [6.45, 7) is 2.39. The van der Waals surface area contributed by atoms with Gasteiger partial charge in [-0.25, -0.2) is 4.39 Å². The van der Waals surface area contributed by atoms with Gasteiger partial charge in [-0.15, -0.1) is 0 Å². The van der Waals surface area contributed by atoms with Crippen molar-refractivity contribution in [3.63, 3.8) is 0 Å². The molecule has 1 amide bonds. The summed E-state index contributed by atoms with van der Waals surface area (Å²) < 4.78 is 14.8. The SMILES string of the molecule is CC(c1ccc(F)cc1)N(C)C(=O)c1cnn(Cc2ccccc2Cl)c1. The highest BCUT2D eigenvalue weighted by Gasteiger charge is 2.20. The molecule has 1 atom stereocenters. The van der Waals surface area contributed by atoms with Crippen molar-refractivity contribution in [3.8, 4) is 0 Å². The van der Waals surface area contributed by atoms with Crippen LogP contribution in [0.3, 0.4) is 0 Å². The molecule has 1 unspecified atom stereocenters. The van der Waals surface area contributed by atoms with Crippen molar-refractivity contribution in [2.45, 2.75) is 19.5 Å². The largest absolute Gasteiger partial charge is 0.335 e. The van der Waals surface area contributed by atoms with Crippen molar-refractivity contribution in [3.05, 3.63) is 88.5 Å². The molecular weight excluding hydrogens is 353 g/mol. The maximum absolute atomic E-state index is 13.1. The van der Waals surface area contributed by atoms with E-state index in [9.17, 15) is 9.18 Å². The number of rotatable bonds is 5. The standard InChI is InChI=1S/C20H19ClFN3O/c1-14(15-7-9-18(22)10-8-15)24(2)20(26)17-11-23-25(13-17)12-16-5-3-4-6-19(16)21/h3-11,13-14H,12H2,1-2H3. The molecule has 0 radical (unpaired) electrons. The number of carbonyl (C=O) groups excluding carboxylic acids is 1. The minimum absolute atomic E-state index is 0.146. The summed E-state index contributed by atoms with van der Waals surface area (Å²) in [6, 6.07) is 13.5. The second-order valence-electron chi connectivity index (χ2n) is 6.16. The summed E-state index contributed by atoms with van der Waals surface area (Å²) in [4.78, 5) is 14.3. The van der Waals surface area contributed by atoms with Gasteiger partial charge in [0.05, 0.1) is 24.3 Å². The van der Waals surface area contributed by atoms with E-state index < -0.39 is 0 Å². The van der Waals surface area contributed by atoms with Crippen molar-refractivity contribution in [1.82, 2.24) is 14.7 Å².